The number of halogens is 2. The highest BCUT2D eigenvalue weighted by molar-refractivity contribution is 9.10. The minimum absolute atomic E-state index is 0.204. The molecule has 11 heteroatoms. The van der Waals surface area contributed by atoms with Gasteiger partial charge in [0.1, 0.15) is 11.4 Å². The van der Waals surface area contributed by atoms with Crippen LogP contribution in [-0.4, -0.2) is 35.5 Å². The summed E-state index contributed by atoms with van der Waals surface area (Å²) in [4.78, 5) is 5.07. The molecule has 236 valence electrons. The van der Waals surface area contributed by atoms with E-state index in [1.54, 1.807) is 11.3 Å². The first-order valence-corrected chi connectivity index (χ1v) is 17.4. The average Bonchev–Trinajstić information content (AvgIpc) is 3.92. The van der Waals surface area contributed by atoms with Gasteiger partial charge in [-0.05, 0) is 67.9 Å². The predicted octanol–water partition coefficient (Wildman–Crippen LogP) is 9.63. The van der Waals surface area contributed by atoms with Crippen molar-refractivity contribution in [2.45, 2.75) is 26.3 Å². The zero-order valence-corrected chi connectivity index (χ0v) is 29.2. The molecular formula is C37H28BrClN8S. The number of benzene rings is 4. The molecule has 4 heterocycles. The van der Waals surface area contributed by atoms with Gasteiger partial charge in [0.15, 0.2) is 0 Å². The molecule has 0 saturated heterocycles. The number of aromatic nitrogens is 6. The first-order chi connectivity index (χ1) is 23.4. The highest BCUT2D eigenvalue weighted by atomic mass is 79.9. The Labute approximate surface area is 295 Å². The van der Waals surface area contributed by atoms with Crippen molar-refractivity contribution in [3.63, 3.8) is 0 Å². The number of hydrazone groups is 1. The van der Waals surface area contributed by atoms with Gasteiger partial charge in [-0.15, -0.1) is 16.4 Å². The fourth-order valence-electron chi connectivity index (χ4n) is 5.88. The highest BCUT2D eigenvalue weighted by Gasteiger charge is 2.36. The van der Waals surface area contributed by atoms with Crippen LogP contribution in [-0.2, 0) is 0 Å². The molecule has 0 amide bonds. The molecule has 1 aliphatic heterocycles. The van der Waals surface area contributed by atoms with E-state index in [-0.39, 0.29) is 6.04 Å². The molecule has 0 spiro atoms. The van der Waals surface area contributed by atoms with Gasteiger partial charge in [0.25, 0.3) is 0 Å². The van der Waals surface area contributed by atoms with Crippen LogP contribution in [0.1, 0.15) is 34.8 Å². The van der Waals surface area contributed by atoms with Crippen LogP contribution in [0.4, 0.5) is 5.13 Å². The maximum atomic E-state index is 6.18. The van der Waals surface area contributed by atoms with E-state index in [0.717, 1.165) is 66.2 Å². The van der Waals surface area contributed by atoms with E-state index >= 15 is 0 Å². The number of hydrogen-bond acceptors (Lipinski definition) is 7. The van der Waals surface area contributed by atoms with E-state index in [2.05, 4.69) is 76.0 Å². The van der Waals surface area contributed by atoms with Crippen LogP contribution in [0.2, 0.25) is 5.02 Å². The normalized spacial score (nSPS) is 14.5. The van der Waals surface area contributed by atoms with Gasteiger partial charge < -0.3 is 0 Å². The molecule has 0 saturated carbocycles. The molecule has 7 aromatic rings. The first kappa shape index (κ1) is 30.4. The summed E-state index contributed by atoms with van der Waals surface area (Å²) in [5.41, 5.74) is 10.3. The lowest BCUT2D eigenvalue weighted by Crippen LogP contribution is -2.18. The average molecular weight is 732 g/mol. The molecule has 8 nitrogen and oxygen atoms in total. The maximum absolute atomic E-state index is 6.18. The highest BCUT2D eigenvalue weighted by Crippen LogP contribution is 2.43. The molecule has 48 heavy (non-hydrogen) atoms. The van der Waals surface area contributed by atoms with E-state index in [4.69, 9.17) is 31.9 Å². The number of hydrogen-bond donors (Lipinski definition) is 0. The lowest BCUT2D eigenvalue weighted by Gasteiger charge is -2.20. The third-order valence-electron chi connectivity index (χ3n) is 8.44. The Morgan fingerprint density at radius 2 is 1.54 bits per heavy atom. The van der Waals surface area contributed by atoms with Crippen molar-refractivity contribution in [2.75, 3.05) is 5.01 Å². The monoisotopic (exact) mass is 730 g/mol. The molecule has 4 aromatic carbocycles. The second-order valence-electron chi connectivity index (χ2n) is 11.6. The van der Waals surface area contributed by atoms with Crippen LogP contribution in [0.15, 0.2) is 124 Å². The van der Waals surface area contributed by atoms with Gasteiger partial charge in [-0.1, -0.05) is 92.9 Å². The Bertz CT molecular complexity index is 2260. The van der Waals surface area contributed by atoms with Gasteiger partial charge in [0, 0.05) is 38.6 Å². The number of thiazole rings is 1. The van der Waals surface area contributed by atoms with Gasteiger partial charge >= 0.3 is 0 Å². The largest absolute Gasteiger partial charge is 0.240 e. The Morgan fingerprint density at radius 3 is 2.29 bits per heavy atom. The number of aryl methyl sites for hydroxylation is 1. The molecule has 0 aliphatic carbocycles. The summed E-state index contributed by atoms with van der Waals surface area (Å²) >= 11 is 11.3. The van der Waals surface area contributed by atoms with Gasteiger partial charge in [-0.2, -0.15) is 10.2 Å². The molecule has 0 fully saturated rings. The van der Waals surface area contributed by atoms with Gasteiger partial charge in [-0.25, -0.2) is 19.4 Å². The Hall–Kier alpha value is -4.90. The zero-order valence-electron chi connectivity index (χ0n) is 26.0. The molecule has 8 rings (SSSR count). The third kappa shape index (κ3) is 5.76. The van der Waals surface area contributed by atoms with E-state index < -0.39 is 0 Å². The fraction of sp³-hybridized carbons (Fsp3) is 0.108. The zero-order chi connectivity index (χ0) is 32.8. The van der Waals surface area contributed by atoms with Crippen molar-refractivity contribution < 1.29 is 0 Å². The van der Waals surface area contributed by atoms with Crippen LogP contribution in [0.25, 0.3) is 34.0 Å². The smallest absolute Gasteiger partial charge is 0.207 e. The Kier molecular flexibility index (Phi) is 7.99. The predicted molar refractivity (Wildman–Crippen MR) is 196 cm³/mol. The van der Waals surface area contributed by atoms with Gasteiger partial charge in [-0.3, -0.25) is 0 Å². The molecule has 1 atom stereocenters. The van der Waals surface area contributed by atoms with Crippen LogP contribution in [0, 0.1) is 13.8 Å². The lowest BCUT2D eigenvalue weighted by molar-refractivity contribution is 0.707. The van der Waals surface area contributed by atoms with Crippen molar-refractivity contribution in [3.05, 3.63) is 147 Å². The minimum Gasteiger partial charge on any atom is -0.240 e. The van der Waals surface area contributed by atoms with Gasteiger partial charge in [0.2, 0.25) is 5.13 Å². The van der Waals surface area contributed by atoms with Crippen LogP contribution in [0.3, 0.4) is 0 Å². The van der Waals surface area contributed by atoms with Crippen LogP contribution in [0.5, 0.6) is 0 Å². The second-order valence-corrected chi connectivity index (χ2v) is 13.8. The third-order valence-corrected chi connectivity index (χ3v) is 10.0. The quantitative estimate of drug-likeness (QED) is 0.163. The first-order valence-electron chi connectivity index (χ1n) is 15.4. The van der Waals surface area contributed by atoms with Crippen molar-refractivity contribution >= 4 is 49.7 Å². The summed E-state index contributed by atoms with van der Waals surface area (Å²) in [7, 11) is 0. The van der Waals surface area contributed by atoms with Crippen molar-refractivity contribution in [2.24, 2.45) is 5.10 Å². The number of anilines is 1. The SMILES string of the molecule is Cc1ccc(-n2nnc(-c3nn(-c4ccccc4)cc3[C@@H]3CC(c4ccc(Br)cc4)=NN3c3nc(-c4ccc(Cl)cc4)cs3)c2C)cc1. The number of para-hydroxylation sites is 1. The molecule has 1 aliphatic rings. The van der Waals surface area contributed by atoms with E-state index in [1.165, 1.54) is 5.56 Å². The second kappa shape index (κ2) is 12.6. The van der Waals surface area contributed by atoms with E-state index in [0.29, 0.717) is 11.4 Å². The van der Waals surface area contributed by atoms with Crippen LogP contribution >= 0.6 is 38.9 Å². The summed E-state index contributed by atoms with van der Waals surface area (Å²) in [6, 6.07) is 34.2. The van der Waals surface area contributed by atoms with E-state index in [9.17, 15) is 0 Å². The summed E-state index contributed by atoms with van der Waals surface area (Å²) < 4.78 is 4.81. The van der Waals surface area contributed by atoms with Crippen LogP contribution < -0.4 is 5.01 Å². The maximum Gasteiger partial charge on any atom is 0.207 e. The lowest BCUT2D eigenvalue weighted by atomic mass is 9.97. The summed E-state index contributed by atoms with van der Waals surface area (Å²) in [5, 5.41) is 25.3. The van der Waals surface area contributed by atoms with Crippen molar-refractivity contribution in [1.29, 1.82) is 0 Å². The molecule has 0 radical (unpaired) electrons. The number of rotatable bonds is 7. The summed E-state index contributed by atoms with van der Waals surface area (Å²) in [6.07, 6.45) is 2.75. The topological polar surface area (TPSA) is 77.0 Å². The van der Waals surface area contributed by atoms with Crippen molar-refractivity contribution in [3.8, 4) is 34.0 Å². The molecule has 3 aromatic heterocycles. The molecule has 0 bridgehead atoms. The van der Waals surface area contributed by atoms with E-state index in [1.807, 2.05) is 88.0 Å². The van der Waals surface area contributed by atoms with Gasteiger partial charge in [0.05, 0.1) is 34.5 Å². The number of nitrogens with zero attached hydrogens (tertiary/aromatic N) is 8. The Balaban J connectivity index is 1.26. The summed E-state index contributed by atoms with van der Waals surface area (Å²) in [6.45, 7) is 4.11. The van der Waals surface area contributed by atoms with Crippen molar-refractivity contribution in [1.82, 2.24) is 29.8 Å². The fourth-order valence-corrected chi connectivity index (χ4v) is 7.10. The molecule has 0 N–H and O–H groups in total. The Morgan fingerprint density at radius 1 is 0.812 bits per heavy atom. The summed E-state index contributed by atoms with van der Waals surface area (Å²) in [5.74, 6) is 0. The molecular weight excluding hydrogens is 704 g/mol. The standard InChI is InChI=1S/C37H28BrClN8S/c1-23-8-18-30(19-9-23)46-24(2)35(41-44-46)36-31(21-45(43-36)29-6-4-3-5-7-29)34-20-32(25-10-14-27(38)15-11-25)42-47(34)37-40-33(22-48-37)26-12-16-28(39)17-13-26/h3-19,21-22,34H,20H2,1-2H3/t34-/m0/s1. The molecule has 0 unspecified atom stereocenters. The minimum atomic E-state index is -0.204.